The first-order valence-corrected chi connectivity index (χ1v) is 12.2. The minimum Gasteiger partial charge on any atom is -0.494 e. The van der Waals surface area contributed by atoms with Gasteiger partial charge in [-0.2, -0.15) is 5.10 Å². The van der Waals surface area contributed by atoms with Crippen LogP contribution < -0.4 is 4.74 Å². The fourth-order valence-electron chi connectivity index (χ4n) is 5.05. The third-order valence-electron chi connectivity index (χ3n) is 7.00. The van der Waals surface area contributed by atoms with Crippen LogP contribution in [-0.2, 0) is 15.1 Å². The van der Waals surface area contributed by atoms with E-state index in [1.807, 2.05) is 0 Å². The second kappa shape index (κ2) is 10.1. The number of halogens is 2. The molecule has 0 aliphatic heterocycles. The van der Waals surface area contributed by atoms with E-state index in [4.69, 9.17) is 14.2 Å². The molecule has 3 aromatic carbocycles. The number of H-pyrrole nitrogens is 1. The summed E-state index contributed by atoms with van der Waals surface area (Å²) in [7, 11) is 4.11. The molecule has 5 aromatic rings. The number of nitrogens with one attached hydrogen (secondary N) is 1. The van der Waals surface area contributed by atoms with Gasteiger partial charge in [0, 0.05) is 35.2 Å². The van der Waals surface area contributed by atoms with Crippen molar-refractivity contribution in [3.63, 3.8) is 0 Å². The molecule has 0 spiro atoms. The molecule has 39 heavy (non-hydrogen) atoms. The molecule has 0 fully saturated rings. The van der Waals surface area contributed by atoms with Crippen LogP contribution >= 0.6 is 0 Å². The van der Waals surface area contributed by atoms with Crippen LogP contribution in [0.4, 0.5) is 8.78 Å². The zero-order valence-corrected chi connectivity index (χ0v) is 21.8. The number of aromatic nitrogens is 3. The third kappa shape index (κ3) is 4.21. The number of aliphatic hydroxyl groups is 1. The van der Waals surface area contributed by atoms with Crippen LogP contribution in [0.2, 0.25) is 0 Å². The number of esters is 1. The van der Waals surface area contributed by atoms with Crippen molar-refractivity contribution in [3.8, 4) is 22.6 Å². The van der Waals surface area contributed by atoms with Crippen molar-refractivity contribution in [2.75, 3.05) is 27.9 Å². The average Bonchev–Trinajstić information content (AvgIpc) is 3.57. The molecule has 0 aliphatic carbocycles. The molecule has 0 bridgehead atoms. The van der Waals surface area contributed by atoms with E-state index < -0.39 is 23.2 Å². The molecule has 0 radical (unpaired) electrons. The van der Waals surface area contributed by atoms with Crippen LogP contribution in [-0.4, -0.2) is 53.8 Å². The molecule has 0 saturated carbocycles. The molecule has 8 nitrogen and oxygen atoms in total. The number of ether oxygens (including phenoxy) is 3. The number of hydrogen-bond acceptors (Lipinski definition) is 6. The summed E-state index contributed by atoms with van der Waals surface area (Å²) >= 11 is 0. The van der Waals surface area contributed by atoms with Crippen molar-refractivity contribution in [1.82, 2.24) is 14.8 Å². The Labute approximate surface area is 222 Å². The molecule has 5 rings (SSSR count). The van der Waals surface area contributed by atoms with Gasteiger partial charge in [-0.05, 0) is 42.3 Å². The Balaban J connectivity index is 1.98. The van der Waals surface area contributed by atoms with E-state index >= 15 is 4.39 Å². The number of aromatic amines is 1. The number of fused-ring (bicyclic) bond motifs is 2. The van der Waals surface area contributed by atoms with Gasteiger partial charge in [-0.15, -0.1) is 0 Å². The molecule has 0 saturated heterocycles. The van der Waals surface area contributed by atoms with Crippen molar-refractivity contribution < 1.29 is 32.9 Å². The highest BCUT2D eigenvalue weighted by atomic mass is 19.1. The van der Waals surface area contributed by atoms with E-state index in [-0.39, 0.29) is 29.7 Å². The molecule has 0 unspecified atom stereocenters. The van der Waals surface area contributed by atoms with E-state index in [1.54, 1.807) is 41.8 Å². The topological polar surface area (TPSA) is 98.6 Å². The van der Waals surface area contributed by atoms with Gasteiger partial charge in [0.15, 0.2) is 17.4 Å². The largest absolute Gasteiger partial charge is 0.494 e. The summed E-state index contributed by atoms with van der Waals surface area (Å²) in [5.41, 5.74) is 1.04. The molecular weight excluding hydrogens is 508 g/mol. The van der Waals surface area contributed by atoms with Crippen molar-refractivity contribution >= 4 is 27.8 Å². The first kappa shape index (κ1) is 26.3. The van der Waals surface area contributed by atoms with Gasteiger partial charge in [-0.1, -0.05) is 19.1 Å². The summed E-state index contributed by atoms with van der Waals surface area (Å²) in [4.78, 5) is 12.1. The normalized spacial score (nSPS) is 13.1. The molecule has 2 N–H and O–H groups in total. The lowest BCUT2D eigenvalue weighted by Gasteiger charge is -2.30. The predicted octanol–water partition coefficient (Wildman–Crippen LogP) is 5.49. The van der Waals surface area contributed by atoms with Crippen LogP contribution in [0.3, 0.4) is 0 Å². The molecule has 202 valence electrons. The van der Waals surface area contributed by atoms with Crippen molar-refractivity contribution in [2.24, 2.45) is 0 Å². The van der Waals surface area contributed by atoms with Gasteiger partial charge < -0.3 is 23.9 Å². The summed E-state index contributed by atoms with van der Waals surface area (Å²) < 4.78 is 48.0. The third-order valence-corrected chi connectivity index (χ3v) is 7.00. The fraction of sp³-hybridized carbons (Fsp3) is 0.241. The quantitative estimate of drug-likeness (QED) is 0.255. The van der Waals surface area contributed by atoms with Crippen LogP contribution in [0.1, 0.15) is 29.4 Å². The molecule has 2 heterocycles. The Morgan fingerprint density at radius 1 is 1.10 bits per heavy atom. The molecule has 0 aliphatic rings. The van der Waals surface area contributed by atoms with Gasteiger partial charge in [0.2, 0.25) is 0 Å². The van der Waals surface area contributed by atoms with Gasteiger partial charge in [-0.25, -0.2) is 13.6 Å². The lowest BCUT2D eigenvalue weighted by atomic mass is 9.89. The monoisotopic (exact) mass is 535 g/mol. The highest BCUT2D eigenvalue weighted by molar-refractivity contribution is 6.06. The van der Waals surface area contributed by atoms with Crippen LogP contribution in [0, 0.1) is 11.6 Å². The maximum atomic E-state index is 16.3. The van der Waals surface area contributed by atoms with Crippen molar-refractivity contribution in [2.45, 2.75) is 18.9 Å². The summed E-state index contributed by atoms with van der Waals surface area (Å²) in [6, 6.07) is 12.5. The maximum absolute atomic E-state index is 16.3. The minimum atomic E-state index is -1.59. The molecule has 0 amide bonds. The Kier molecular flexibility index (Phi) is 6.83. The smallest absolute Gasteiger partial charge is 0.337 e. The Morgan fingerprint density at radius 3 is 2.49 bits per heavy atom. The number of hydrogen-bond donors (Lipinski definition) is 2. The Morgan fingerprint density at radius 2 is 1.85 bits per heavy atom. The van der Waals surface area contributed by atoms with Gasteiger partial charge in [0.25, 0.3) is 0 Å². The van der Waals surface area contributed by atoms with E-state index in [2.05, 4.69) is 10.2 Å². The van der Waals surface area contributed by atoms with Crippen LogP contribution in [0.15, 0.2) is 54.7 Å². The molecule has 10 heteroatoms. The van der Waals surface area contributed by atoms with Gasteiger partial charge in [0.05, 0.1) is 43.8 Å². The van der Waals surface area contributed by atoms with Crippen LogP contribution in [0.5, 0.6) is 5.75 Å². The van der Waals surface area contributed by atoms with Crippen LogP contribution in [0.25, 0.3) is 38.6 Å². The lowest BCUT2D eigenvalue weighted by Crippen LogP contribution is -2.33. The Hall–Kier alpha value is -4.28. The number of carbonyl (C=O) groups is 1. The zero-order valence-electron chi connectivity index (χ0n) is 21.8. The number of carbonyl (C=O) groups excluding carboxylic acids is 1. The number of methoxy groups -OCH3 is 3. The second-order valence-corrected chi connectivity index (χ2v) is 9.18. The maximum Gasteiger partial charge on any atom is 0.337 e. The van der Waals surface area contributed by atoms with Gasteiger partial charge in [0.1, 0.15) is 11.1 Å². The molecule has 2 aromatic heterocycles. The number of benzene rings is 3. The minimum absolute atomic E-state index is 0.0130. The Bertz CT molecular complexity index is 1690. The zero-order chi connectivity index (χ0) is 27.9. The summed E-state index contributed by atoms with van der Waals surface area (Å²) in [5, 5.41) is 19.5. The molecule has 1 atom stereocenters. The number of rotatable bonds is 8. The first-order valence-electron chi connectivity index (χ1n) is 12.2. The first-order chi connectivity index (χ1) is 18.8. The lowest BCUT2D eigenvalue weighted by molar-refractivity contribution is -0.0422. The number of nitrogens with zero attached hydrogens (tertiary/aromatic N) is 2. The second-order valence-electron chi connectivity index (χ2n) is 9.18. The summed E-state index contributed by atoms with van der Waals surface area (Å²) in [6.45, 7) is 1.69. The average molecular weight is 536 g/mol. The standard InChI is InChI=1S/C29H27F2N3O5/c1-5-29(36,15-37-2)27-23(16-6-8-17(9-7-16)28(35)39-4)24-21(12-18-14-32-33-26(18)25(24)31)34(27)19-10-11-20(30)22(13-19)38-3/h6-14,36H,5,15H2,1-4H3,(H,32,33)/t29-/m1/s1. The van der Waals surface area contributed by atoms with Gasteiger partial charge in [-0.3, -0.25) is 5.10 Å². The van der Waals surface area contributed by atoms with Crippen molar-refractivity contribution in [3.05, 3.63) is 77.6 Å². The highest BCUT2D eigenvalue weighted by Crippen LogP contribution is 2.46. The predicted molar refractivity (Wildman–Crippen MR) is 142 cm³/mol. The summed E-state index contributed by atoms with van der Waals surface area (Å²) in [6.07, 6.45) is 1.72. The molecular formula is C29H27F2N3O5. The van der Waals surface area contributed by atoms with E-state index in [0.29, 0.717) is 39.0 Å². The van der Waals surface area contributed by atoms with Crippen molar-refractivity contribution in [1.29, 1.82) is 0 Å². The van der Waals surface area contributed by atoms with E-state index in [1.165, 1.54) is 45.7 Å². The van der Waals surface area contributed by atoms with E-state index in [9.17, 15) is 14.3 Å². The SMILES string of the molecule is CC[C@@](O)(COC)c1c(-c2ccc(C(=O)OC)cc2)c2c(F)c3[nH]ncc3cc2n1-c1ccc(F)c(OC)c1. The van der Waals surface area contributed by atoms with Gasteiger partial charge >= 0.3 is 5.97 Å². The highest BCUT2D eigenvalue weighted by Gasteiger charge is 2.38. The fourth-order valence-corrected chi connectivity index (χ4v) is 5.05. The summed E-state index contributed by atoms with van der Waals surface area (Å²) in [5.74, 6) is -1.67. The van der Waals surface area contributed by atoms with E-state index in [0.717, 1.165) is 0 Å².